The van der Waals surface area contributed by atoms with Gasteiger partial charge in [-0.2, -0.15) is 0 Å². The van der Waals surface area contributed by atoms with Crippen LogP contribution < -0.4 is 0 Å². The summed E-state index contributed by atoms with van der Waals surface area (Å²) in [6, 6.07) is 0.753. The molecule has 2 rings (SSSR count). The van der Waals surface area contributed by atoms with Crippen LogP contribution >= 0.6 is 0 Å². The smallest absolute Gasteiger partial charge is 0.114 e. The Morgan fingerprint density at radius 2 is 2.23 bits per heavy atom. The lowest BCUT2D eigenvalue weighted by atomic mass is 9.89. The number of rotatable bonds is 3. The molecule has 1 aromatic heterocycles. The SMILES string of the molecule is CCC(C)(C)c1nccn1C1CC1. The van der Waals surface area contributed by atoms with Crippen molar-refractivity contribution in [1.82, 2.24) is 9.55 Å². The number of hydrogen-bond acceptors (Lipinski definition) is 1. The van der Waals surface area contributed by atoms with E-state index in [2.05, 4.69) is 36.5 Å². The lowest BCUT2D eigenvalue weighted by Crippen LogP contribution is -2.21. The normalized spacial score (nSPS) is 17.8. The Labute approximate surface area is 80.0 Å². The molecule has 2 heteroatoms. The van der Waals surface area contributed by atoms with E-state index in [0.717, 1.165) is 12.5 Å². The molecule has 1 saturated carbocycles. The van der Waals surface area contributed by atoms with Gasteiger partial charge in [0.1, 0.15) is 5.82 Å². The average molecular weight is 178 g/mol. The van der Waals surface area contributed by atoms with Crippen LogP contribution in [0.2, 0.25) is 0 Å². The minimum Gasteiger partial charge on any atom is -0.331 e. The molecule has 0 amide bonds. The summed E-state index contributed by atoms with van der Waals surface area (Å²) in [4.78, 5) is 4.48. The van der Waals surface area contributed by atoms with Crippen LogP contribution in [0.15, 0.2) is 12.4 Å². The molecule has 0 bridgehead atoms. The van der Waals surface area contributed by atoms with E-state index in [0.29, 0.717) is 0 Å². The van der Waals surface area contributed by atoms with Gasteiger partial charge in [-0.3, -0.25) is 0 Å². The standard InChI is InChI=1S/C11H18N2/c1-4-11(2,3)10-12-7-8-13(10)9-5-6-9/h7-9H,4-6H2,1-3H3. The zero-order valence-electron chi connectivity index (χ0n) is 8.75. The molecule has 0 N–H and O–H groups in total. The average Bonchev–Trinajstić information content (AvgIpc) is 2.83. The van der Waals surface area contributed by atoms with Crippen molar-refractivity contribution in [1.29, 1.82) is 0 Å². The van der Waals surface area contributed by atoms with Gasteiger partial charge in [0.05, 0.1) is 0 Å². The highest BCUT2D eigenvalue weighted by Gasteiger charge is 2.30. The Kier molecular flexibility index (Phi) is 1.94. The van der Waals surface area contributed by atoms with Gasteiger partial charge in [0, 0.05) is 23.9 Å². The van der Waals surface area contributed by atoms with Crippen molar-refractivity contribution in [2.75, 3.05) is 0 Å². The number of hydrogen-bond donors (Lipinski definition) is 0. The Bertz CT molecular complexity index is 295. The second-order valence-electron chi connectivity index (χ2n) is 4.63. The van der Waals surface area contributed by atoms with Crippen LogP contribution in [0, 0.1) is 0 Å². The predicted molar refractivity (Wildman–Crippen MR) is 53.8 cm³/mol. The van der Waals surface area contributed by atoms with E-state index in [1.54, 1.807) is 0 Å². The summed E-state index contributed by atoms with van der Waals surface area (Å²) < 4.78 is 2.36. The summed E-state index contributed by atoms with van der Waals surface area (Å²) in [5, 5.41) is 0. The summed E-state index contributed by atoms with van der Waals surface area (Å²) in [7, 11) is 0. The van der Waals surface area contributed by atoms with E-state index in [1.165, 1.54) is 18.7 Å². The molecule has 0 aromatic carbocycles. The third kappa shape index (κ3) is 1.50. The first-order valence-corrected chi connectivity index (χ1v) is 5.18. The Morgan fingerprint density at radius 3 is 2.77 bits per heavy atom. The topological polar surface area (TPSA) is 17.8 Å². The summed E-state index contributed by atoms with van der Waals surface area (Å²) in [6.07, 6.45) is 7.89. The maximum atomic E-state index is 4.48. The Balaban J connectivity index is 2.33. The van der Waals surface area contributed by atoms with Gasteiger partial charge in [0.2, 0.25) is 0 Å². The molecule has 72 valence electrons. The summed E-state index contributed by atoms with van der Waals surface area (Å²) in [5.74, 6) is 1.26. The molecule has 1 aromatic rings. The lowest BCUT2D eigenvalue weighted by molar-refractivity contribution is 0.444. The van der Waals surface area contributed by atoms with Crippen molar-refractivity contribution < 1.29 is 0 Å². The van der Waals surface area contributed by atoms with Crippen LogP contribution in [-0.4, -0.2) is 9.55 Å². The molecule has 1 aliphatic carbocycles. The van der Waals surface area contributed by atoms with Crippen molar-refractivity contribution in [2.24, 2.45) is 0 Å². The predicted octanol–water partition coefficient (Wildman–Crippen LogP) is 2.91. The van der Waals surface area contributed by atoms with E-state index in [1.807, 2.05) is 6.20 Å². The molecule has 0 aliphatic heterocycles. The molecule has 0 spiro atoms. The van der Waals surface area contributed by atoms with Crippen LogP contribution in [0.25, 0.3) is 0 Å². The molecule has 0 radical (unpaired) electrons. The minimum atomic E-state index is 0.228. The fourth-order valence-electron chi connectivity index (χ4n) is 1.64. The number of imidazole rings is 1. The third-order valence-electron chi connectivity index (χ3n) is 3.10. The first-order chi connectivity index (χ1) is 6.15. The highest BCUT2D eigenvalue weighted by atomic mass is 15.1. The maximum absolute atomic E-state index is 4.48. The summed E-state index contributed by atoms with van der Waals surface area (Å²) in [5.41, 5.74) is 0.228. The van der Waals surface area contributed by atoms with Gasteiger partial charge < -0.3 is 4.57 Å². The maximum Gasteiger partial charge on any atom is 0.114 e. The monoisotopic (exact) mass is 178 g/mol. The number of nitrogens with zero attached hydrogens (tertiary/aromatic N) is 2. The van der Waals surface area contributed by atoms with Gasteiger partial charge >= 0.3 is 0 Å². The van der Waals surface area contributed by atoms with Gasteiger partial charge in [-0.1, -0.05) is 20.8 Å². The molecule has 2 nitrogen and oxygen atoms in total. The van der Waals surface area contributed by atoms with Crippen LogP contribution in [0.5, 0.6) is 0 Å². The van der Waals surface area contributed by atoms with Gasteiger partial charge in [0.25, 0.3) is 0 Å². The largest absolute Gasteiger partial charge is 0.331 e. The zero-order chi connectivity index (χ0) is 9.47. The van der Waals surface area contributed by atoms with Gasteiger partial charge in [-0.25, -0.2) is 4.98 Å². The van der Waals surface area contributed by atoms with Crippen molar-refractivity contribution in [3.8, 4) is 0 Å². The first-order valence-electron chi connectivity index (χ1n) is 5.18. The molecule has 0 atom stereocenters. The van der Waals surface area contributed by atoms with E-state index in [4.69, 9.17) is 0 Å². The fraction of sp³-hybridized carbons (Fsp3) is 0.727. The molecule has 1 aliphatic rings. The molecular weight excluding hydrogens is 160 g/mol. The second-order valence-corrected chi connectivity index (χ2v) is 4.63. The highest BCUT2D eigenvalue weighted by molar-refractivity contribution is 5.09. The van der Waals surface area contributed by atoms with E-state index in [9.17, 15) is 0 Å². The zero-order valence-corrected chi connectivity index (χ0v) is 8.75. The highest BCUT2D eigenvalue weighted by Crippen LogP contribution is 2.38. The third-order valence-corrected chi connectivity index (χ3v) is 3.10. The molecule has 0 saturated heterocycles. The van der Waals surface area contributed by atoms with E-state index >= 15 is 0 Å². The Morgan fingerprint density at radius 1 is 1.54 bits per heavy atom. The first kappa shape index (κ1) is 8.79. The fourth-order valence-corrected chi connectivity index (χ4v) is 1.64. The Hall–Kier alpha value is -0.790. The van der Waals surface area contributed by atoms with Crippen LogP contribution in [0.1, 0.15) is 51.9 Å². The van der Waals surface area contributed by atoms with Crippen LogP contribution in [-0.2, 0) is 5.41 Å². The van der Waals surface area contributed by atoms with Crippen molar-refractivity contribution >= 4 is 0 Å². The summed E-state index contributed by atoms with van der Waals surface area (Å²) >= 11 is 0. The lowest BCUT2D eigenvalue weighted by Gasteiger charge is -2.23. The van der Waals surface area contributed by atoms with Gasteiger partial charge in [-0.05, 0) is 19.3 Å². The van der Waals surface area contributed by atoms with E-state index in [-0.39, 0.29) is 5.41 Å². The quantitative estimate of drug-likeness (QED) is 0.696. The van der Waals surface area contributed by atoms with E-state index < -0.39 is 0 Å². The molecule has 0 unspecified atom stereocenters. The van der Waals surface area contributed by atoms with Crippen molar-refractivity contribution in [3.05, 3.63) is 18.2 Å². The van der Waals surface area contributed by atoms with Crippen molar-refractivity contribution in [2.45, 2.75) is 51.5 Å². The molecule has 1 heterocycles. The molecule has 13 heavy (non-hydrogen) atoms. The second kappa shape index (κ2) is 2.86. The van der Waals surface area contributed by atoms with Crippen LogP contribution in [0.3, 0.4) is 0 Å². The van der Waals surface area contributed by atoms with Crippen LogP contribution in [0.4, 0.5) is 0 Å². The van der Waals surface area contributed by atoms with Crippen molar-refractivity contribution in [3.63, 3.8) is 0 Å². The van der Waals surface area contributed by atoms with Gasteiger partial charge in [0.15, 0.2) is 0 Å². The minimum absolute atomic E-state index is 0.228. The summed E-state index contributed by atoms with van der Waals surface area (Å²) in [6.45, 7) is 6.77. The van der Waals surface area contributed by atoms with Gasteiger partial charge in [-0.15, -0.1) is 0 Å². The molecular formula is C11H18N2. The number of aromatic nitrogens is 2. The molecule has 1 fully saturated rings.